The Morgan fingerprint density at radius 1 is 0.952 bits per heavy atom. The molecule has 0 radical (unpaired) electrons. The summed E-state index contributed by atoms with van der Waals surface area (Å²) in [5, 5.41) is 2.13. The molecular formula is C17H16ClNO2. The SMILES string of the molecule is COc1cc2cnccc2cc1OCc1ccccc1.Cl. The highest BCUT2D eigenvalue weighted by Gasteiger charge is 2.07. The number of halogens is 1. The van der Waals surface area contributed by atoms with Crippen LogP contribution in [-0.2, 0) is 6.61 Å². The van der Waals surface area contributed by atoms with Gasteiger partial charge in [-0.15, -0.1) is 12.4 Å². The minimum Gasteiger partial charge on any atom is -0.493 e. The quantitative estimate of drug-likeness (QED) is 0.722. The van der Waals surface area contributed by atoms with E-state index in [0.29, 0.717) is 6.61 Å². The maximum Gasteiger partial charge on any atom is 0.162 e. The summed E-state index contributed by atoms with van der Waals surface area (Å²) in [6.45, 7) is 0.522. The third-order valence-electron chi connectivity index (χ3n) is 3.16. The fourth-order valence-electron chi connectivity index (χ4n) is 2.10. The minimum absolute atomic E-state index is 0. The van der Waals surface area contributed by atoms with Crippen molar-refractivity contribution in [3.63, 3.8) is 0 Å². The molecule has 1 aromatic heterocycles. The summed E-state index contributed by atoms with van der Waals surface area (Å²) >= 11 is 0. The van der Waals surface area contributed by atoms with Crippen LogP contribution >= 0.6 is 12.4 Å². The zero-order valence-electron chi connectivity index (χ0n) is 11.7. The van der Waals surface area contributed by atoms with Crippen molar-refractivity contribution in [3.05, 3.63) is 66.5 Å². The van der Waals surface area contributed by atoms with Gasteiger partial charge in [0.25, 0.3) is 0 Å². The molecule has 0 atom stereocenters. The van der Waals surface area contributed by atoms with Gasteiger partial charge in [-0.1, -0.05) is 30.3 Å². The molecule has 0 saturated heterocycles. The van der Waals surface area contributed by atoms with Gasteiger partial charge in [0.1, 0.15) is 6.61 Å². The Morgan fingerprint density at radius 2 is 1.71 bits per heavy atom. The van der Waals surface area contributed by atoms with E-state index in [2.05, 4.69) is 4.98 Å². The first kappa shape index (κ1) is 15.1. The van der Waals surface area contributed by atoms with Crippen LogP contribution < -0.4 is 9.47 Å². The molecule has 0 aliphatic carbocycles. The highest BCUT2D eigenvalue weighted by molar-refractivity contribution is 5.85. The molecule has 0 aliphatic heterocycles. The molecule has 0 N–H and O–H groups in total. The summed E-state index contributed by atoms with van der Waals surface area (Å²) in [6, 6.07) is 16.0. The first-order valence-electron chi connectivity index (χ1n) is 6.45. The number of nitrogens with zero attached hydrogens (tertiary/aromatic N) is 1. The van der Waals surface area contributed by atoms with Gasteiger partial charge in [-0.25, -0.2) is 0 Å². The van der Waals surface area contributed by atoms with Gasteiger partial charge in [-0.05, 0) is 29.1 Å². The van der Waals surface area contributed by atoms with Gasteiger partial charge in [0.05, 0.1) is 7.11 Å². The first-order valence-corrected chi connectivity index (χ1v) is 6.45. The van der Waals surface area contributed by atoms with E-state index in [4.69, 9.17) is 9.47 Å². The minimum atomic E-state index is 0. The maximum atomic E-state index is 5.88. The molecular weight excluding hydrogens is 286 g/mol. The molecule has 3 rings (SSSR count). The summed E-state index contributed by atoms with van der Waals surface area (Å²) in [7, 11) is 1.65. The third-order valence-corrected chi connectivity index (χ3v) is 3.16. The Bertz CT molecular complexity index is 716. The van der Waals surface area contributed by atoms with E-state index >= 15 is 0 Å². The second-order valence-electron chi connectivity index (χ2n) is 4.50. The second-order valence-corrected chi connectivity index (χ2v) is 4.50. The number of rotatable bonds is 4. The molecule has 108 valence electrons. The van der Waals surface area contributed by atoms with Crippen molar-refractivity contribution in [1.29, 1.82) is 0 Å². The molecule has 4 heteroatoms. The van der Waals surface area contributed by atoms with Crippen LogP contribution in [0.3, 0.4) is 0 Å². The van der Waals surface area contributed by atoms with E-state index in [1.807, 2.05) is 54.7 Å². The first-order chi connectivity index (χ1) is 9.86. The lowest BCUT2D eigenvalue weighted by atomic mass is 10.1. The van der Waals surface area contributed by atoms with Gasteiger partial charge in [-0.3, -0.25) is 4.98 Å². The smallest absolute Gasteiger partial charge is 0.162 e. The molecule has 0 unspecified atom stereocenters. The summed E-state index contributed by atoms with van der Waals surface area (Å²) in [5.74, 6) is 1.47. The lowest BCUT2D eigenvalue weighted by Crippen LogP contribution is -1.97. The van der Waals surface area contributed by atoms with Crippen LogP contribution in [0.4, 0.5) is 0 Å². The molecule has 3 aromatic rings. The van der Waals surface area contributed by atoms with Crippen LogP contribution in [-0.4, -0.2) is 12.1 Å². The Labute approximate surface area is 129 Å². The van der Waals surface area contributed by atoms with E-state index in [1.54, 1.807) is 13.3 Å². The number of pyridine rings is 1. The number of benzene rings is 2. The number of ether oxygens (including phenoxy) is 2. The van der Waals surface area contributed by atoms with E-state index in [-0.39, 0.29) is 12.4 Å². The Morgan fingerprint density at radius 3 is 2.48 bits per heavy atom. The van der Waals surface area contributed by atoms with E-state index in [1.165, 1.54) is 0 Å². The predicted molar refractivity (Wildman–Crippen MR) is 86.3 cm³/mol. The molecule has 0 fully saturated rings. The monoisotopic (exact) mass is 301 g/mol. The number of methoxy groups -OCH3 is 1. The van der Waals surface area contributed by atoms with Crippen LogP contribution in [0.15, 0.2) is 60.9 Å². The van der Waals surface area contributed by atoms with Gasteiger partial charge in [0.15, 0.2) is 11.5 Å². The average Bonchev–Trinajstić information content (AvgIpc) is 2.53. The summed E-state index contributed by atoms with van der Waals surface area (Å²) in [5.41, 5.74) is 1.13. The van der Waals surface area contributed by atoms with Gasteiger partial charge < -0.3 is 9.47 Å². The summed E-state index contributed by atoms with van der Waals surface area (Å²) in [6.07, 6.45) is 3.59. The number of aromatic nitrogens is 1. The average molecular weight is 302 g/mol. The lowest BCUT2D eigenvalue weighted by molar-refractivity contribution is 0.285. The molecule has 1 heterocycles. The number of hydrogen-bond acceptors (Lipinski definition) is 3. The fourth-order valence-corrected chi connectivity index (χ4v) is 2.10. The van der Waals surface area contributed by atoms with Gasteiger partial charge in [0, 0.05) is 17.8 Å². The fraction of sp³-hybridized carbons (Fsp3) is 0.118. The number of hydrogen-bond donors (Lipinski definition) is 0. The number of fused-ring (bicyclic) bond motifs is 1. The van der Waals surface area contributed by atoms with Crippen molar-refractivity contribution in [2.24, 2.45) is 0 Å². The van der Waals surface area contributed by atoms with Gasteiger partial charge in [-0.2, -0.15) is 0 Å². The highest BCUT2D eigenvalue weighted by atomic mass is 35.5. The molecule has 0 spiro atoms. The zero-order valence-corrected chi connectivity index (χ0v) is 12.5. The summed E-state index contributed by atoms with van der Waals surface area (Å²) in [4.78, 5) is 4.12. The molecule has 0 aliphatic rings. The van der Waals surface area contributed by atoms with Crippen LogP contribution in [0.5, 0.6) is 11.5 Å². The van der Waals surface area contributed by atoms with E-state index < -0.39 is 0 Å². The molecule has 0 bridgehead atoms. The molecule has 21 heavy (non-hydrogen) atoms. The molecule has 0 saturated carbocycles. The topological polar surface area (TPSA) is 31.4 Å². The van der Waals surface area contributed by atoms with Crippen molar-refractivity contribution in [2.75, 3.05) is 7.11 Å². The maximum absolute atomic E-state index is 5.88. The van der Waals surface area contributed by atoms with E-state index in [0.717, 1.165) is 27.8 Å². The Kier molecular flexibility index (Phi) is 5.01. The highest BCUT2D eigenvalue weighted by Crippen LogP contribution is 2.32. The van der Waals surface area contributed by atoms with Crippen molar-refractivity contribution in [2.45, 2.75) is 6.61 Å². The molecule has 2 aromatic carbocycles. The van der Waals surface area contributed by atoms with Crippen molar-refractivity contribution in [1.82, 2.24) is 4.98 Å². The van der Waals surface area contributed by atoms with Crippen molar-refractivity contribution in [3.8, 4) is 11.5 Å². The Balaban J connectivity index is 0.00000161. The standard InChI is InChI=1S/C17H15NO2.ClH/c1-19-16-10-15-11-18-8-7-14(15)9-17(16)20-12-13-5-3-2-4-6-13;/h2-11H,12H2,1H3;1H. The lowest BCUT2D eigenvalue weighted by Gasteiger charge is -2.12. The molecule has 0 amide bonds. The normalized spacial score (nSPS) is 9.95. The van der Waals surface area contributed by atoms with Crippen LogP contribution in [0.25, 0.3) is 10.8 Å². The van der Waals surface area contributed by atoms with Crippen LogP contribution in [0.2, 0.25) is 0 Å². The zero-order chi connectivity index (χ0) is 13.8. The predicted octanol–water partition coefficient (Wildman–Crippen LogP) is 4.24. The second kappa shape index (κ2) is 6.95. The third kappa shape index (κ3) is 3.44. The van der Waals surface area contributed by atoms with Crippen LogP contribution in [0, 0.1) is 0 Å². The van der Waals surface area contributed by atoms with Gasteiger partial charge >= 0.3 is 0 Å². The summed E-state index contributed by atoms with van der Waals surface area (Å²) < 4.78 is 11.3. The van der Waals surface area contributed by atoms with Gasteiger partial charge in [0.2, 0.25) is 0 Å². The van der Waals surface area contributed by atoms with E-state index in [9.17, 15) is 0 Å². The van der Waals surface area contributed by atoms with Crippen molar-refractivity contribution >= 4 is 23.2 Å². The Hall–Kier alpha value is -2.26. The van der Waals surface area contributed by atoms with Crippen molar-refractivity contribution < 1.29 is 9.47 Å². The van der Waals surface area contributed by atoms with Crippen LogP contribution in [0.1, 0.15) is 5.56 Å². The largest absolute Gasteiger partial charge is 0.493 e. The molecule has 3 nitrogen and oxygen atoms in total.